The van der Waals surface area contributed by atoms with Crippen LogP contribution in [0.5, 0.6) is 0 Å². The Bertz CT molecular complexity index is 750. The van der Waals surface area contributed by atoms with Crippen molar-refractivity contribution in [3.8, 4) is 0 Å². The van der Waals surface area contributed by atoms with Crippen molar-refractivity contribution in [1.82, 2.24) is 0 Å². The number of carbonyl (C=O) groups is 2. The fourth-order valence-corrected chi connectivity index (χ4v) is 4.18. The number of hydrogen-bond acceptors (Lipinski definition) is 4. The first-order valence-corrected chi connectivity index (χ1v) is 8.56. The van der Waals surface area contributed by atoms with Crippen molar-refractivity contribution in [2.75, 3.05) is 12.4 Å². The number of benzene rings is 1. The van der Waals surface area contributed by atoms with E-state index in [9.17, 15) is 9.59 Å². The smallest absolute Gasteiger partial charge is 0.339 e. The number of methoxy groups -OCH3 is 1. The molecule has 5 heteroatoms. The maximum absolute atomic E-state index is 12.6. The summed E-state index contributed by atoms with van der Waals surface area (Å²) in [5, 5.41) is 4.79. The van der Waals surface area contributed by atoms with Gasteiger partial charge >= 0.3 is 5.97 Å². The summed E-state index contributed by atoms with van der Waals surface area (Å²) in [5.74, 6) is 0.0626. The fourth-order valence-electron chi connectivity index (χ4n) is 2.94. The first-order chi connectivity index (χ1) is 11.1. The first kappa shape index (κ1) is 15.7. The highest BCUT2D eigenvalue weighted by atomic mass is 32.1. The van der Waals surface area contributed by atoms with E-state index in [1.807, 2.05) is 5.38 Å². The Labute approximate surface area is 139 Å². The van der Waals surface area contributed by atoms with Crippen LogP contribution in [0, 0.1) is 5.92 Å². The van der Waals surface area contributed by atoms with Gasteiger partial charge in [-0.05, 0) is 42.9 Å². The predicted octanol–water partition coefficient (Wildman–Crippen LogP) is 3.91. The molecule has 0 spiro atoms. The summed E-state index contributed by atoms with van der Waals surface area (Å²) in [6, 6.07) is 6.89. The number of esters is 1. The zero-order valence-electron chi connectivity index (χ0n) is 13.2. The minimum Gasteiger partial charge on any atom is -0.465 e. The third-order valence-corrected chi connectivity index (χ3v) is 5.28. The van der Waals surface area contributed by atoms with E-state index in [0.29, 0.717) is 17.2 Å². The SMILES string of the molecule is COC(=O)c1ccccc1NC(=O)c1csc2c1CC[C@H](C)C2. The molecule has 1 aromatic heterocycles. The lowest BCUT2D eigenvalue weighted by atomic mass is 9.88. The zero-order valence-corrected chi connectivity index (χ0v) is 14.0. The summed E-state index contributed by atoms with van der Waals surface area (Å²) in [6.07, 6.45) is 3.11. The molecule has 0 saturated heterocycles. The lowest BCUT2D eigenvalue weighted by molar-refractivity contribution is 0.0602. The highest BCUT2D eigenvalue weighted by Crippen LogP contribution is 2.33. The minimum absolute atomic E-state index is 0.159. The van der Waals surface area contributed by atoms with Crippen LogP contribution in [-0.4, -0.2) is 19.0 Å². The summed E-state index contributed by atoms with van der Waals surface area (Å²) in [6.45, 7) is 2.25. The summed E-state index contributed by atoms with van der Waals surface area (Å²) in [7, 11) is 1.33. The van der Waals surface area contributed by atoms with Crippen LogP contribution in [0.2, 0.25) is 0 Å². The Morgan fingerprint density at radius 3 is 2.83 bits per heavy atom. The average molecular weight is 329 g/mol. The van der Waals surface area contributed by atoms with Gasteiger partial charge in [0, 0.05) is 10.3 Å². The lowest BCUT2D eigenvalue weighted by Crippen LogP contribution is -2.18. The summed E-state index contributed by atoms with van der Waals surface area (Å²) < 4.78 is 4.76. The molecule has 1 aliphatic rings. The molecule has 0 unspecified atom stereocenters. The number of para-hydroxylation sites is 1. The number of ether oxygens (including phenoxy) is 1. The number of amides is 1. The molecule has 2 aromatic rings. The number of anilines is 1. The predicted molar refractivity (Wildman–Crippen MR) is 91.2 cm³/mol. The van der Waals surface area contributed by atoms with E-state index in [2.05, 4.69) is 12.2 Å². The van der Waals surface area contributed by atoms with Crippen LogP contribution in [0.25, 0.3) is 0 Å². The largest absolute Gasteiger partial charge is 0.465 e. The van der Waals surface area contributed by atoms with E-state index >= 15 is 0 Å². The number of hydrogen-bond donors (Lipinski definition) is 1. The molecular formula is C18H19NO3S. The van der Waals surface area contributed by atoms with E-state index in [0.717, 1.165) is 24.8 Å². The van der Waals surface area contributed by atoms with Gasteiger partial charge in [0.25, 0.3) is 5.91 Å². The molecule has 1 N–H and O–H groups in total. The van der Waals surface area contributed by atoms with Crippen molar-refractivity contribution >= 4 is 28.9 Å². The number of nitrogens with one attached hydrogen (secondary N) is 1. The molecule has 0 fully saturated rings. The quantitative estimate of drug-likeness (QED) is 0.869. The number of thiophene rings is 1. The molecule has 1 aliphatic carbocycles. The van der Waals surface area contributed by atoms with Crippen molar-refractivity contribution in [2.24, 2.45) is 5.92 Å². The van der Waals surface area contributed by atoms with Crippen molar-refractivity contribution in [3.05, 3.63) is 51.2 Å². The molecule has 0 saturated carbocycles. The van der Waals surface area contributed by atoms with Crippen molar-refractivity contribution in [3.63, 3.8) is 0 Å². The van der Waals surface area contributed by atoms with Gasteiger partial charge < -0.3 is 10.1 Å². The van der Waals surface area contributed by atoms with Gasteiger partial charge in [0.2, 0.25) is 0 Å². The Hall–Kier alpha value is -2.14. The fraction of sp³-hybridized carbons (Fsp3) is 0.333. The van der Waals surface area contributed by atoms with E-state index < -0.39 is 5.97 Å². The normalized spacial score (nSPS) is 16.5. The third-order valence-electron chi connectivity index (χ3n) is 4.23. The highest BCUT2D eigenvalue weighted by Gasteiger charge is 2.24. The van der Waals surface area contributed by atoms with Gasteiger partial charge in [0.05, 0.1) is 23.9 Å². The van der Waals surface area contributed by atoms with Gasteiger partial charge in [-0.3, -0.25) is 4.79 Å². The van der Waals surface area contributed by atoms with Crippen LogP contribution < -0.4 is 5.32 Å². The van der Waals surface area contributed by atoms with Gasteiger partial charge in [-0.2, -0.15) is 0 Å². The minimum atomic E-state index is -0.456. The van der Waals surface area contributed by atoms with Crippen LogP contribution in [0.3, 0.4) is 0 Å². The van der Waals surface area contributed by atoms with E-state index in [1.54, 1.807) is 35.6 Å². The lowest BCUT2D eigenvalue weighted by Gasteiger charge is -2.19. The molecule has 1 aromatic carbocycles. The monoisotopic (exact) mass is 329 g/mol. The molecule has 1 atom stereocenters. The van der Waals surface area contributed by atoms with Gasteiger partial charge in [0.15, 0.2) is 0 Å². The van der Waals surface area contributed by atoms with E-state index in [4.69, 9.17) is 4.74 Å². The molecule has 1 amide bonds. The average Bonchev–Trinajstić information content (AvgIpc) is 2.97. The van der Waals surface area contributed by atoms with E-state index in [-0.39, 0.29) is 5.91 Å². The van der Waals surface area contributed by atoms with Gasteiger partial charge in [-0.1, -0.05) is 19.1 Å². The van der Waals surface area contributed by atoms with Crippen LogP contribution >= 0.6 is 11.3 Å². The Morgan fingerprint density at radius 2 is 2.04 bits per heavy atom. The van der Waals surface area contributed by atoms with Gasteiger partial charge in [0.1, 0.15) is 0 Å². The molecule has 0 aliphatic heterocycles. The van der Waals surface area contributed by atoms with Gasteiger partial charge in [-0.15, -0.1) is 11.3 Å². The molecule has 3 rings (SSSR count). The van der Waals surface area contributed by atoms with Crippen LogP contribution in [0.4, 0.5) is 5.69 Å². The molecule has 23 heavy (non-hydrogen) atoms. The maximum Gasteiger partial charge on any atom is 0.339 e. The van der Waals surface area contributed by atoms with Crippen molar-refractivity contribution in [2.45, 2.75) is 26.2 Å². The van der Waals surface area contributed by atoms with Crippen LogP contribution in [-0.2, 0) is 17.6 Å². The Morgan fingerprint density at radius 1 is 1.26 bits per heavy atom. The standard InChI is InChI=1S/C18H19NO3S/c1-11-7-8-12-14(10-23-16(12)9-11)17(20)19-15-6-4-3-5-13(15)18(21)22-2/h3-6,10-11H,7-9H2,1-2H3,(H,19,20)/t11-/m0/s1. The van der Waals surface area contributed by atoms with Crippen molar-refractivity contribution in [1.29, 1.82) is 0 Å². The second-order valence-electron chi connectivity index (χ2n) is 5.89. The van der Waals surface area contributed by atoms with Crippen LogP contribution in [0.15, 0.2) is 29.6 Å². The van der Waals surface area contributed by atoms with E-state index in [1.165, 1.54) is 17.6 Å². The summed E-state index contributed by atoms with van der Waals surface area (Å²) in [5.41, 5.74) is 2.74. The topological polar surface area (TPSA) is 55.4 Å². The molecular weight excluding hydrogens is 310 g/mol. The van der Waals surface area contributed by atoms with Gasteiger partial charge in [-0.25, -0.2) is 4.79 Å². The molecule has 4 nitrogen and oxygen atoms in total. The molecule has 1 heterocycles. The summed E-state index contributed by atoms with van der Waals surface area (Å²) in [4.78, 5) is 25.7. The Balaban J connectivity index is 1.85. The highest BCUT2D eigenvalue weighted by molar-refractivity contribution is 7.10. The Kier molecular flexibility index (Phi) is 4.48. The number of rotatable bonds is 3. The number of carbonyl (C=O) groups excluding carboxylic acids is 2. The second-order valence-corrected chi connectivity index (χ2v) is 6.85. The van der Waals surface area contributed by atoms with Crippen molar-refractivity contribution < 1.29 is 14.3 Å². The maximum atomic E-state index is 12.6. The first-order valence-electron chi connectivity index (χ1n) is 7.68. The molecule has 0 bridgehead atoms. The number of fused-ring (bicyclic) bond motifs is 1. The summed E-state index contributed by atoms with van der Waals surface area (Å²) >= 11 is 1.66. The second kappa shape index (κ2) is 6.54. The molecule has 0 radical (unpaired) electrons. The zero-order chi connectivity index (χ0) is 16.4. The van der Waals surface area contributed by atoms with Crippen LogP contribution in [0.1, 0.15) is 44.5 Å². The third kappa shape index (κ3) is 3.15. The molecule has 120 valence electrons.